The molecule has 0 saturated carbocycles. The zero-order chi connectivity index (χ0) is 21.3. The second-order valence-corrected chi connectivity index (χ2v) is 9.28. The Morgan fingerprint density at radius 3 is 2.41 bits per heavy atom. The van der Waals surface area contributed by atoms with Gasteiger partial charge in [-0.3, -0.25) is 0 Å². The zero-order valence-electron chi connectivity index (χ0n) is 15.8. The summed E-state index contributed by atoms with van der Waals surface area (Å²) in [6, 6.07) is 10.4. The lowest BCUT2D eigenvalue weighted by Gasteiger charge is -2.09. The van der Waals surface area contributed by atoms with E-state index in [0.717, 1.165) is 6.26 Å². The number of hydrogen-bond donors (Lipinski definition) is 2. The molecule has 0 aliphatic rings. The number of sulfone groups is 1. The van der Waals surface area contributed by atoms with Crippen LogP contribution in [0.25, 0.3) is 10.8 Å². The van der Waals surface area contributed by atoms with Crippen molar-refractivity contribution in [3.8, 4) is 11.5 Å². The zero-order valence-corrected chi connectivity index (χ0v) is 17.4. The van der Waals surface area contributed by atoms with Gasteiger partial charge in [-0.05, 0) is 42.1 Å². The maximum absolute atomic E-state index is 11.8. The van der Waals surface area contributed by atoms with Gasteiger partial charge in [0.05, 0.1) is 16.9 Å². The first-order chi connectivity index (χ1) is 13.6. The normalized spacial score (nSPS) is 13.1. The molecule has 1 unspecified atom stereocenters. The number of nitrogens with zero attached hydrogens (tertiary/aromatic N) is 2. The van der Waals surface area contributed by atoms with Gasteiger partial charge in [-0.25, -0.2) is 12.6 Å². The highest BCUT2D eigenvalue weighted by Crippen LogP contribution is 2.39. The van der Waals surface area contributed by atoms with Crippen molar-refractivity contribution in [3.63, 3.8) is 0 Å². The van der Waals surface area contributed by atoms with Crippen molar-refractivity contribution in [2.24, 2.45) is 10.2 Å². The summed E-state index contributed by atoms with van der Waals surface area (Å²) in [5.41, 5.74) is 1.00. The minimum atomic E-state index is -3.38. The maximum atomic E-state index is 11.8. The Bertz CT molecular complexity index is 1270. The maximum Gasteiger partial charge on any atom is 0.186 e. The Balaban J connectivity index is 2.13. The molecule has 0 aliphatic heterocycles. The van der Waals surface area contributed by atoms with Gasteiger partial charge in [0, 0.05) is 17.7 Å². The third-order valence-corrected chi connectivity index (χ3v) is 6.22. The van der Waals surface area contributed by atoms with Crippen molar-refractivity contribution >= 4 is 43.1 Å². The van der Waals surface area contributed by atoms with Crippen LogP contribution in [0.15, 0.2) is 62.5 Å². The molecule has 29 heavy (non-hydrogen) atoms. The second-order valence-electron chi connectivity index (χ2n) is 6.33. The summed E-state index contributed by atoms with van der Waals surface area (Å²) < 4.78 is 49.5. The lowest BCUT2D eigenvalue weighted by molar-refractivity contribution is 0.414. The van der Waals surface area contributed by atoms with Gasteiger partial charge in [-0.2, -0.15) is 0 Å². The Morgan fingerprint density at radius 1 is 1.07 bits per heavy atom. The number of phenols is 1. The van der Waals surface area contributed by atoms with E-state index in [4.69, 9.17) is 4.74 Å². The van der Waals surface area contributed by atoms with E-state index >= 15 is 0 Å². The topological polar surface area (TPSA) is 126 Å². The smallest absolute Gasteiger partial charge is 0.186 e. The van der Waals surface area contributed by atoms with E-state index in [1.807, 2.05) is 0 Å². The SMILES string of the molecule is COc1cc(S(=O)O)c(C)cc1N=Nc1c(O)ccc2cc(S(C)(=O)=O)ccc12. The molecule has 0 heterocycles. The Labute approximate surface area is 170 Å². The largest absolute Gasteiger partial charge is 0.506 e. The van der Waals surface area contributed by atoms with Crippen molar-refractivity contribution < 1.29 is 27.0 Å². The molecule has 0 fully saturated rings. The fraction of sp³-hybridized carbons (Fsp3) is 0.158. The van der Waals surface area contributed by atoms with Gasteiger partial charge in [0.15, 0.2) is 20.9 Å². The van der Waals surface area contributed by atoms with Crippen LogP contribution < -0.4 is 4.74 Å². The van der Waals surface area contributed by atoms with Crippen molar-refractivity contribution in [2.75, 3.05) is 13.4 Å². The highest BCUT2D eigenvalue weighted by molar-refractivity contribution is 7.90. The Kier molecular flexibility index (Phi) is 5.69. The molecule has 0 bridgehead atoms. The first-order valence-electron chi connectivity index (χ1n) is 8.29. The van der Waals surface area contributed by atoms with Gasteiger partial charge in [-0.15, -0.1) is 10.2 Å². The molecule has 8 nitrogen and oxygen atoms in total. The van der Waals surface area contributed by atoms with E-state index in [0.29, 0.717) is 22.0 Å². The number of benzene rings is 3. The van der Waals surface area contributed by atoms with Gasteiger partial charge in [0.25, 0.3) is 0 Å². The van der Waals surface area contributed by atoms with E-state index in [9.17, 15) is 22.3 Å². The number of aromatic hydroxyl groups is 1. The van der Waals surface area contributed by atoms with Gasteiger partial charge in [0.2, 0.25) is 0 Å². The van der Waals surface area contributed by atoms with Crippen molar-refractivity contribution in [2.45, 2.75) is 16.7 Å². The lowest BCUT2D eigenvalue weighted by Crippen LogP contribution is -1.96. The third kappa shape index (κ3) is 4.29. The van der Waals surface area contributed by atoms with Gasteiger partial charge >= 0.3 is 0 Å². The second kappa shape index (κ2) is 7.90. The molecule has 0 aromatic heterocycles. The monoisotopic (exact) mass is 434 g/mol. The predicted octanol–water partition coefficient (Wildman–Crippen LogP) is 4.26. The minimum absolute atomic E-state index is 0.128. The lowest BCUT2D eigenvalue weighted by atomic mass is 10.1. The number of phenolic OH excluding ortho intramolecular Hbond substituents is 1. The van der Waals surface area contributed by atoms with Crippen molar-refractivity contribution in [3.05, 3.63) is 48.0 Å². The molecule has 1 atom stereocenters. The highest BCUT2D eigenvalue weighted by atomic mass is 32.2. The van der Waals surface area contributed by atoms with E-state index in [-0.39, 0.29) is 27.0 Å². The number of azo groups is 1. The molecule has 152 valence electrons. The van der Waals surface area contributed by atoms with E-state index in [2.05, 4.69) is 10.2 Å². The molecule has 0 saturated heterocycles. The molecule has 10 heteroatoms. The third-order valence-electron chi connectivity index (χ3n) is 4.29. The molecule has 2 N–H and O–H groups in total. The van der Waals surface area contributed by atoms with Crippen LogP contribution in [0.3, 0.4) is 0 Å². The molecular formula is C19H18N2O6S2. The number of rotatable bonds is 5. The van der Waals surface area contributed by atoms with Crippen LogP contribution >= 0.6 is 0 Å². The molecular weight excluding hydrogens is 416 g/mol. The van der Waals surface area contributed by atoms with E-state index in [1.165, 1.54) is 31.4 Å². The molecule has 0 amide bonds. The fourth-order valence-corrected chi connectivity index (χ4v) is 4.00. The minimum Gasteiger partial charge on any atom is -0.506 e. The number of hydrogen-bond acceptors (Lipinski definition) is 7. The molecule has 0 aliphatic carbocycles. The average Bonchev–Trinajstić information content (AvgIpc) is 2.65. The van der Waals surface area contributed by atoms with E-state index < -0.39 is 20.9 Å². The predicted molar refractivity (Wildman–Crippen MR) is 110 cm³/mol. The summed E-state index contributed by atoms with van der Waals surface area (Å²) in [7, 11) is -1.98. The summed E-state index contributed by atoms with van der Waals surface area (Å²) in [4.78, 5) is 0.352. The molecule has 0 radical (unpaired) electrons. The summed E-state index contributed by atoms with van der Waals surface area (Å²) in [6.45, 7) is 1.66. The van der Waals surface area contributed by atoms with Crippen LogP contribution in [0, 0.1) is 6.92 Å². The van der Waals surface area contributed by atoms with Gasteiger partial charge in [-0.1, -0.05) is 12.1 Å². The van der Waals surface area contributed by atoms with Gasteiger partial charge in [0.1, 0.15) is 22.9 Å². The molecule has 3 rings (SSSR count). The fourth-order valence-electron chi connectivity index (χ4n) is 2.80. The van der Waals surface area contributed by atoms with Crippen LogP contribution in [-0.4, -0.2) is 35.7 Å². The van der Waals surface area contributed by atoms with Crippen LogP contribution in [0.5, 0.6) is 11.5 Å². The standard InChI is InChI=1S/C19H18N2O6S2/c1-11-8-15(17(27-2)10-18(11)28(23)24)20-21-19-14-6-5-13(29(3,25)26)9-12(14)4-7-16(19)22/h4-10,22H,1-3H3,(H,23,24). The number of ether oxygens (including phenoxy) is 1. The summed E-state index contributed by atoms with van der Waals surface area (Å²) in [6.07, 6.45) is 1.12. The molecule has 0 spiro atoms. The summed E-state index contributed by atoms with van der Waals surface area (Å²) in [5, 5.41) is 19.6. The van der Waals surface area contributed by atoms with E-state index in [1.54, 1.807) is 25.1 Å². The number of fused-ring (bicyclic) bond motifs is 1. The van der Waals surface area contributed by atoms with Crippen LogP contribution in [0.1, 0.15) is 5.56 Å². The average molecular weight is 434 g/mol. The van der Waals surface area contributed by atoms with Crippen molar-refractivity contribution in [1.82, 2.24) is 0 Å². The molecule has 3 aromatic carbocycles. The molecule has 3 aromatic rings. The number of methoxy groups -OCH3 is 1. The van der Waals surface area contributed by atoms with Gasteiger partial charge < -0.3 is 14.4 Å². The van der Waals surface area contributed by atoms with Crippen LogP contribution in [-0.2, 0) is 20.9 Å². The first-order valence-corrected chi connectivity index (χ1v) is 11.3. The highest BCUT2D eigenvalue weighted by Gasteiger charge is 2.14. The quantitative estimate of drug-likeness (QED) is 0.456. The summed E-state index contributed by atoms with van der Waals surface area (Å²) >= 11 is -2.17. The van der Waals surface area contributed by atoms with Crippen molar-refractivity contribution in [1.29, 1.82) is 0 Å². The number of aryl methyl sites for hydroxylation is 1. The summed E-state index contributed by atoms with van der Waals surface area (Å²) in [5.74, 6) is 0.118. The first kappa shape index (κ1) is 20.9. The van der Waals surface area contributed by atoms with Crippen LogP contribution in [0.4, 0.5) is 11.4 Å². The van der Waals surface area contributed by atoms with Crippen LogP contribution in [0.2, 0.25) is 0 Å². The Hall–Kier alpha value is -2.82. The Morgan fingerprint density at radius 2 is 1.79 bits per heavy atom.